The zero-order valence-corrected chi connectivity index (χ0v) is 25.4. The number of nitrogens with zero attached hydrogens (tertiary/aromatic N) is 1. The van der Waals surface area contributed by atoms with Crippen molar-refractivity contribution in [2.24, 2.45) is 5.41 Å². The van der Waals surface area contributed by atoms with Gasteiger partial charge in [-0.25, -0.2) is 13.4 Å². The van der Waals surface area contributed by atoms with Crippen molar-refractivity contribution in [1.82, 2.24) is 4.98 Å². The second-order valence-electron chi connectivity index (χ2n) is 11.4. The fourth-order valence-corrected chi connectivity index (χ4v) is 6.84. The average molecular weight is 588 g/mol. The Labute approximate surface area is 247 Å². The molecule has 0 saturated carbocycles. The molecule has 0 aliphatic carbocycles. The second kappa shape index (κ2) is 12.5. The SMILES string of the molecule is CC(C)(C)CCOc1cccc(-c2sc3nc2-c2ccccc2/C=C/CCCCNc2cccc(c2)S(=O)(=O)N3)c1. The number of nitrogens with one attached hydrogen (secondary N) is 2. The van der Waals surface area contributed by atoms with Gasteiger partial charge in [-0.3, -0.25) is 4.72 Å². The summed E-state index contributed by atoms with van der Waals surface area (Å²) in [7, 11) is -3.85. The predicted molar refractivity (Wildman–Crippen MR) is 171 cm³/mol. The molecule has 0 unspecified atom stereocenters. The fourth-order valence-electron chi connectivity index (χ4n) is 4.58. The minimum atomic E-state index is -3.85. The van der Waals surface area contributed by atoms with Crippen molar-refractivity contribution in [2.75, 3.05) is 23.2 Å². The normalized spacial score (nSPS) is 16.0. The van der Waals surface area contributed by atoms with E-state index in [0.29, 0.717) is 11.7 Å². The summed E-state index contributed by atoms with van der Waals surface area (Å²) >= 11 is 1.33. The van der Waals surface area contributed by atoms with Gasteiger partial charge in [0.15, 0.2) is 5.13 Å². The van der Waals surface area contributed by atoms with E-state index in [1.54, 1.807) is 18.2 Å². The molecule has 4 aromatic rings. The fraction of sp³-hybridized carbons (Fsp3) is 0.303. The summed E-state index contributed by atoms with van der Waals surface area (Å²) in [5.74, 6) is 0.778. The third-order valence-corrected chi connectivity index (χ3v) is 9.34. The first-order chi connectivity index (χ1) is 19.7. The second-order valence-corrected chi connectivity index (χ2v) is 14.1. The van der Waals surface area contributed by atoms with Crippen LogP contribution in [0, 0.1) is 5.41 Å². The van der Waals surface area contributed by atoms with Gasteiger partial charge in [-0.05, 0) is 72.6 Å². The van der Waals surface area contributed by atoms with Crippen LogP contribution in [0.1, 0.15) is 52.0 Å². The lowest BCUT2D eigenvalue weighted by Gasteiger charge is -2.18. The molecular weight excluding hydrogens is 551 g/mol. The number of fused-ring (bicyclic) bond motifs is 6. The summed E-state index contributed by atoms with van der Waals surface area (Å²) in [5, 5.41) is 3.67. The van der Waals surface area contributed by atoms with Crippen LogP contribution in [0.3, 0.4) is 0 Å². The molecule has 4 bridgehead atoms. The summed E-state index contributed by atoms with van der Waals surface area (Å²) in [4.78, 5) is 5.95. The molecule has 0 radical (unpaired) electrons. The third kappa shape index (κ3) is 7.57. The van der Waals surface area contributed by atoms with Gasteiger partial charge >= 0.3 is 0 Å². The molecule has 0 spiro atoms. The maximum atomic E-state index is 13.5. The largest absolute Gasteiger partial charge is 0.494 e. The molecule has 0 saturated heterocycles. The van der Waals surface area contributed by atoms with Gasteiger partial charge in [0.25, 0.3) is 10.0 Å². The smallest absolute Gasteiger partial charge is 0.263 e. The summed E-state index contributed by atoms with van der Waals surface area (Å²) in [6.07, 6.45) is 8.24. The molecule has 8 heteroatoms. The lowest BCUT2D eigenvalue weighted by Crippen LogP contribution is -2.13. The maximum absolute atomic E-state index is 13.5. The van der Waals surface area contributed by atoms with Crippen molar-refractivity contribution < 1.29 is 13.2 Å². The lowest BCUT2D eigenvalue weighted by molar-refractivity contribution is 0.243. The molecule has 3 aromatic carbocycles. The standard InChI is InChI=1S/C33H37N3O3S2/c1-33(2,3)19-21-39-27-16-10-14-25(22-27)31-30-29-18-8-7-13-24(29)12-6-4-5-9-20-34-26-15-11-17-28(23-26)41(37,38)36-32(35-30)40-31/h6-8,10-18,22-23,34H,4-5,9,19-21H2,1-3H3,(H,35,36)/b12-6+. The molecule has 1 aromatic heterocycles. The van der Waals surface area contributed by atoms with Crippen LogP contribution < -0.4 is 14.8 Å². The lowest BCUT2D eigenvalue weighted by atomic mass is 9.93. The van der Waals surface area contributed by atoms with Crippen LogP contribution in [0.5, 0.6) is 5.75 Å². The molecule has 5 rings (SSSR count). The highest BCUT2D eigenvalue weighted by Crippen LogP contribution is 2.42. The number of hydrogen-bond acceptors (Lipinski definition) is 6. The molecule has 0 amide bonds. The molecule has 6 nitrogen and oxygen atoms in total. The summed E-state index contributed by atoms with van der Waals surface area (Å²) < 4.78 is 35.8. The van der Waals surface area contributed by atoms with Crippen LogP contribution in [-0.2, 0) is 10.0 Å². The number of benzene rings is 3. The number of thiazole rings is 1. The topological polar surface area (TPSA) is 80.3 Å². The Morgan fingerprint density at radius 3 is 2.66 bits per heavy atom. The molecule has 2 heterocycles. The minimum absolute atomic E-state index is 0.180. The number of sulfonamides is 1. The Bertz CT molecular complexity index is 1640. The van der Waals surface area contributed by atoms with Gasteiger partial charge in [0, 0.05) is 17.8 Å². The third-order valence-electron chi connectivity index (χ3n) is 6.85. The Morgan fingerprint density at radius 2 is 1.80 bits per heavy atom. The molecule has 1 aliphatic heterocycles. The van der Waals surface area contributed by atoms with Crippen molar-refractivity contribution in [3.8, 4) is 27.4 Å². The number of rotatable bonds is 4. The summed E-state index contributed by atoms with van der Waals surface area (Å²) in [5.41, 5.74) is 4.62. The Kier molecular flexibility index (Phi) is 8.80. The van der Waals surface area contributed by atoms with Crippen molar-refractivity contribution in [2.45, 2.75) is 51.3 Å². The molecular formula is C33H37N3O3S2. The molecule has 0 atom stereocenters. The van der Waals surface area contributed by atoms with Crippen LogP contribution in [0.25, 0.3) is 27.8 Å². The van der Waals surface area contributed by atoms with E-state index in [9.17, 15) is 8.42 Å². The maximum Gasteiger partial charge on any atom is 0.263 e. The van der Waals surface area contributed by atoms with Crippen molar-refractivity contribution in [3.63, 3.8) is 0 Å². The van der Waals surface area contributed by atoms with Gasteiger partial charge in [-0.2, -0.15) is 0 Å². The predicted octanol–water partition coefficient (Wildman–Crippen LogP) is 8.70. The monoisotopic (exact) mass is 587 g/mol. The molecule has 1 aliphatic rings. The summed E-state index contributed by atoms with van der Waals surface area (Å²) in [6, 6.07) is 23.0. The highest BCUT2D eigenvalue weighted by molar-refractivity contribution is 7.93. The van der Waals surface area contributed by atoms with E-state index in [1.165, 1.54) is 11.3 Å². The molecule has 2 N–H and O–H groups in total. The van der Waals surface area contributed by atoms with Crippen molar-refractivity contribution in [1.29, 1.82) is 0 Å². The Morgan fingerprint density at radius 1 is 0.976 bits per heavy atom. The quantitative estimate of drug-likeness (QED) is 0.250. The van der Waals surface area contributed by atoms with Gasteiger partial charge in [0.05, 0.1) is 22.1 Å². The molecule has 214 valence electrons. The Balaban J connectivity index is 1.58. The summed E-state index contributed by atoms with van der Waals surface area (Å²) in [6.45, 7) is 7.99. The first kappa shape index (κ1) is 28.9. The number of aromatic nitrogens is 1. The average Bonchev–Trinajstić information content (AvgIpc) is 3.35. The number of anilines is 2. The van der Waals surface area contributed by atoms with E-state index >= 15 is 0 Å². The first-order valence-corrected chi connectivity index (χ1v) is 16.3. The van der Waals surface area contributed by atoms with Crippen molar-refractivity contribution in [3.05, 3.63) is 84.4 Å². The van der Waals surface area contributed by atoms with Gasteiger partial charge in [-0.1, -0.05) is 86.7 Å². The van der Waals surface area contributed by atoms with Crippen LogP contribution in [0.4, 0.5) is 10.8 Å². The Hall–Kier alpha value is -3.62. The van der Waals surface area contributed by atoms with Gasteiger partial charge in [-0.15, -0.1) is 0 Å². The van der Waals surface area contributed by atoms with Crippen LogP contribution in [0.15, 0.2) is 83.8 Å². The zero-order valence-electron chi connectivity index (χ0n) is 23.8. The number of ether oxygens (including phenoxy) is 1. The van der Waals surface area contributed by atoms with E-state index in [2.05, 4.69) is 49.0 Å². The van der Waals surface area contributed by atoms with Gasteiger partial charge < -0.3 is 10.1 Å². The van der Waals surface area contributed by atoms with Crippen LogP contribution in [0.2, 0.25) is 0 Å². The van der Waals surface area contributed by atoms with Gasteiger partial charge in [0.1, 0.15) is 5.75 Å². The zero-order chi connectivity index (χ0) is 28.9. The van der Waals surface area contributed by atoms with E-state index in [4.69, 9.17) is 9.72 Å². The van der Waals surface area contributed by atoms with E-state index in [1.807, 2.05) is 48.5 Å². The minimum Gasteiger partial charge on any atom is -0.494 e. The number of allylic oxidation sites excluding steroid dienone is 1. The highest BCUT2D eigenvalue weighted by Gasteiger charge is 2.22. The van der Waals surface area contributed by atoms with E-state index in [-0.39, 0.29) is 10.3 Å². The van der Waals surface area contributed by atoms with Crippen LogP contribution >= 0.6 is 11.3 Å². The van der Waals surface area contributed by atoms with Crippen LogP contribution in [-0.4, -0.2) is 26.6 Å². The number of hydrogen-bond donors (Lipinski definition) is 2. The van der Waals surface area contributed by atoms with E-state index in [0.717, 1.165) is 70.9 Å². The molecule has 41 heavy (non-hydrogen) atoms. The van der Waals surface area contributed by atoms with Crippen molar-refractivity contribution >= 4 is 38.3 Å². The first-order valence-electron chi connectivity index (χ1n) is 14.0. The van der Waals surface area contributed by atoms with E-state index < -0.39 is 10.0 Å². The molecule has 0 fully saturated rings. The van der Waals surface area contributed by atoms with Gasteiger partial charge in [0.2, 0.25) is 0 Å². The highest BCUT2D eigenvalue weighted by atomic mass is 32.2.